The van der Waals surface area contributed by atoms with E-state index >= 15 is 0 Å². The van der Waals surface area contributed by atoms with Crippen LogP contribution in [-0.2, 0) is 21.4 Å². The van der Waals surface area contributed by atoms with Crippen LogP contribution in [-0.4, -0.2) is 44.7 Å². The summed E-state index contributed by atoms with van der Waals surface area (Å²) in [6.45, 7) is 1.36. The molecule has 3 aromatic carbocycles. The van der Waals surface area contributed by atoms with Gasteiger partial charge in [0, 0.05) is 32.0 Å². The van der Waals surface area contributed by atoms with Crippen molar-refractivity contribution in [1.29, 1.82) is 0 Å². The van der Waals surface area contributed by atoms with Gasteiger partial charge in [0.25, 0.3) is 0 Å². The Kier molecular flexibility index (Phi) is 7.48. The molecule has 4 N–H and O–H groups in total. The molecule has 0 atom stereocenters. The Hall–Kier alpha value is -4.09. The van der Waals surface area contributed by atoms with E-state index in [9.17, 15) is 13.2 Å². The van der Waals surface area contributed by atoms with Crippen molar-refractivity contribution in [2.45, 2.75) is 11.4 Å². The van der Waals surface area contributed by atoms with Gasteiger partial charge in [-0.2, -0.15) is 8.42 Å². The number of methoxy groups -OCH3 is 1. The first-order chi connectivity index (χ1) is 16.9. The number of anilines is 2. The molecule has 0 aliphatic heterocycles. The van der Waals surface area contributed by atoms with Crippen molar-refractivity contribution in [3.05, 3.63) is 78.4 Å². The molecule has 10 nitrogen and oxygen atoms in total. The van der Waals surface area contributed by atoms with Crippen molar-refractivity contribution in [2.75, 3.05) is 30.9 Å². The number of carbonyl (C=O) groups is 1. The molecule has 35 heavy (non-hydrogen) atoms. The fourth-order valence-corrected chi connectivity index (χ4v) is 4.15. The highest BCUT2D eigenvalue weighted by molar-refractivity contribution is 7.87. The van der Waals surface area contributed by atoms with Crippen molar-refractivity contribution in [3.63, 3.8) is 0 Å². The van der Waals surface area contributed by atoms with Crippen LogP contribution >= 0.6 is 0 Å². The number of rotatable bonds is 10. The van der Waals surface area contributed by atoms with Crippen LogP contribution < -0.4 is 20.1 Å². The normalized spacial score (nSPS) is 11.2. The number of ether oxygens (including phenoxy) is 1. The lowest BCUT2D eigenvalue weighted by Gasteiger charge is -2.09. The summed E-state index contributed by atoms with van der Waals surface area (Å²) in [6.07, 6.45) is 0. The van der Waals surface area contributed by atoms with Gasteiger partial charge in [0.1, 0.15) is 10.6 Å². The monoisotopic (exact) mass is 495 g/mol. The van der Waals surface area contributed by atoms with E-state index in [2.05, 4.69) is 25.9 Å². The number of H-pyrrole nitrogens is 1. The molecule has 182 valence electrons. The summed E-state index contributed by atoms with van der Waals surface area (Å²) in [6, 6.07) is 20.4. The van der Waals surface area contributed by atoms with Crippen LogP contribution in [0.25, 0.3) is 11.0 Å². The lowest BCUT2D eigenvalue weighted by molar-refractivity contribution is 0.198. The number of aromatic amines is 1. The number of carbonyl (C=O) groups excluding carboxylic acids is 1. The summed E-state index contributed by atoms with van der Waals surface area (Å²) < 4.78 is 35.7. The highest BCUT2D eigenvalue weighted by Gasteiger charge is 2.17. The molecule has 0 fully saturated rings. The van der Waals surface area contributed by atoms with E-state index in [0.29, 0.717) is 30.7 Å². The Morgan fingerprint density at radius 1 is 1.03 bits per heavy atom. The molecule has 2 amide bonds. The van der Waals surface area contributed by atoms with Crippen molar-refractivity contribution in [1.82, 2.24) is 15.3 Å². The number of imidazole rings is 1. The minimum atomic E-state index is -4.05. The average molecular weight is 496 g/mol. The number of amides is 2. The number of hydrogen-bond acceptors (Lipinski definition) is 7. The minimum absolute atomic E-state index is 0.0278. The molecule has 0 aliphatic carbocycles. The number of aromatic nitrogens is 2. The van der Waals surface area contributed by atoms with Crippen LogP contribution in [0.1, 0.15) is 5.56 Å². The Morgan fingerprint density at radius 2 is 1.80 bits per heavy atom. The predicted molar refractivity (Wildman–Crippen MR) is 133 cm³/mol. The summed E-state index contributed by atoms with van der Waals surface area (Å²) in [5.41, 5.74) is 2.95. The molecule has 1 heterocycles. The Labute approximate surface area is 202 Å². The van der Waals surface area contributed by atoms with Crippen molar-refractivity contribution < 1.29 is 22.1 Å². The fourth-order valence-electron chi connectivity index (χ4n) is 3.23. The fraction of sp³-hybridized carbons (Fsp3) is 0.167. The highest BCUT2D eigenvalue weighted by Crippen LogP contribution is 2.24. The van der Waals surface area contributed by atoms with Gasteiger partial charge in [0.2, 0.25) is 5.95 Å². The molecule has 0 radical (unpaired) electrons. The number of hydrogen-bond donors (Lipinski definition) is 4. The Bertz CT molecular complexity index is 1390. The number of nitrogens with one attached hydrogen (secondary N) is 4. The minimum Gasteiger partial charge on any atom is -0.383 e. The molecule has 0 unspecified atom stereocenters. The summed E-state index contributed by atoms with van der Waals surface area (Å²) >= 11 is 0. The Morgan fingerprint density at radius 3 is 2.54 bits per heavy atom. The smallest absolute Gasteiger partial charge is 0.339 e. The van der Waals surface area contributed by atoms with Crippen molar-refractivity contribution >= 4 is 38.8 Å². The zero-order valence-electron chi connectivity index (χ0n) is 18.9. The van der Waals surface area contributed by atoms with Crippen LogP contribution in [0.15, 0.2) is 77.7 Å². The van der Waals surface area contributed by atoms with Gasteiger partial charge in [-0.25, -0.2) is 9.78 Å². The van der Waals surface area contributed by atoms with Gasteiger partial charge in [-0.3, -0.25) is 5.32 Å². The maximum Gasteiger partial charge on any atom is 0.339 e. The second-order valence-electron chi connectivity index (χ2n) is 7.54. The van der Waals surface area contributed by atoms with E-state index in [1.165, 1.54) is 31.4 Å². The van der Waals surface area contributed by atoms with Gasteiger partial charge in [-0.15, -0.1) is 0 Å². The first-order valence-corrected chi connectivity index (χ1v) is 12.2. The van der Waals surface area contributed by atoms with Gasteiger partial charge >= 0.3 is 16.1 Å². The van der Waals surface area contributed by atoms with Crippen molar-refractivity contribution in [2.24, 2.45) is 0 Å². The third-order valence-electron chi connectivity index (χ3n) is 4.97. The van der Waals surface area contributed by atoms with Crippen LogP contribution in [0.2, 0.25) is 0 Å². The van der Waals surface area contributed by atoms with E-state index in [4.69, 9.17) is 8.92 Å². The van der Waals surface area contributed by atoms with Gasteiger partial charge < -0.3 is 24.5 Å². The van der Waals surface area contributed by atoms with Crippen LogP contribution in [0.4, 0.5) is 16.4 Å². The summed E-state index contributed by atoms with van der Waals surface area (Å²) in [5.74, 6) is 0.319. The molecule has 11 heteroatoms. The zero-order valence-corrected chi connectivity index (χ0v) is 19.8. The van der Waals surface area contributed by atoms with E-state index in [0.717, 1.165) is 11.3 Å². The van der Waals surface area contributed by atoms with Gasteiger partial charge in [-0.1, -0.05) is 30.3 Å². The molecular formula is C24H25N5O5S. The van der Waals surface area contributed by atoms with Crippen LogP contribution in [0.5, 0.6) is 5.75 Å². The summed E-state index contributed by atoms with van der Waals surface area (Å²) in [5, 5.41) is 8.44. The van der Waals surface area contributed by atoms with E-state index in [1.807, 2.05) is 30.3 Å². The first kappa shape index (κ1) is 24.0. The molecule has 0 bridgehead atoms. The van der Waals surface area contributed by atoms with Crippen LogP contribution in [0, 0.1) is 0 Å². The molecular weight excluding hydrogens is 470 g/mol. The second kappa shape index (κ2) is 10.9. The lowest BCUT2D eigenvalue weighted by atomic mass is 10.2. The maximum absolute atomic E-state index is 12.8. The highest BCUT2D eigenvalue weighted by atomic mass is 32.2. The summed E-state index contributed by atoms with van der Waals surface area (Å²) in [7, 11) is -2.51. The topological polar surface area (TPSA) is 134 Å². The average Bonchev–Trinajstić information content (AvgIpc) is 3.25. The number of nitrogens with zero attached hydrogens (tertiary/aromatic N) is 1. The van der Waals surface area contributed by atoms with Gasteiger partial charge in [-0.05, 0) is 42.0 Å². The molecule has 0 saturated heterocycles. The Balaban J connectivity index is 1.39. The second-order valence-corrected chi connectivity index (χ2v) is 9.09. The SMILES string of the molecule is COCCNC(=O)Nc1nc2cc(OS(=O)(=O)c3ccc(NCc4ccccc4)cc3)ccc2[nH]1. The third kappa shape index (κ3) is 6.49. The van der Waals surface area contributed by atoms with E-state index in [-0.39, 0.29) is 16.6 Å². The first-order valence-electron chi connectivity index (χ1n) is 10.8. The number of fused-ring (bicyclic) bond motifs is 1. The molecule has 4 rings (SSSR count). The molecule has 0 saturated carbocycles. The maximum atomic E-state index is 12.8. The van der Waals surface area contributed by atoms with Gasteiger partial charge in [0.15, 0.2) is 0 Å². The molecule has 0 spiro atoms. The predicted octanol–water partition coefficient (Wildman–Crippen LogP) is 3.71. The van der Waals surface area contributed by atoms with Gasteiger partial charge in [0.05, 0.1) is 17.6 Å². The zero-order chi connectivity index (χ0) is 24.7. The quantitative estimate of drug-likeness (QED) is 0.195. The summed E-state index contributed by atoms with van der Waals surface area (Å²) in [4.78, 5) is 19.1. The standard InChI is InChI=1S/C24H25N5O5S/c1-33-14-13-25-24(30)29-23-27-21-12-9-19(15-22(21)28-23)34-35(31,32)20-10-7-18(8-11-20)26-16-17-5-3-2-4-6-17/h2-12,15,26H,13-14,16H2,1H3,(H3,25,27,28,29,30). The third-order valence-corrected chi connectivity index (χ3v) is 6.23. The number of benzene rings is 3. The van der Waals surface area contributed by atoms with E-state index < -0.39 is 16.1 Å². The van der Waals surface area contributed by atoms with Crippen LogP contribution in [0.3, 0.4) is 0 Å². The number of urea groups is 1. The molecule has 4 aromatic rings. The van der Waals surface area contributed by atoms with Crippen molar-refractivity contribution in [3.8, 4) is 5.75 Å². The lowest BCUT2D eigenvalue weighted by Crippen LogP contribution is -2.31. The van der Waals surface area contributed by atoms with E-state index in [1.54, 1.807) is 18.2 Å². The molecule has 0 aliphatic rings. The largest absolute Gasteiger partial charge is 0.383 e. The molecule has 1 aromatic heterocycles.